The highest BCUT2D eigenvalue weighted by atomic mass is 16.1. The van der Waals surface area contributed by atoms with Crippen molar-refractivity contribution < 1.29 is 4.79 Å². The number of hydrogen-bond donors (Lipinski definition) is 2. The molecule has 2 rings (SSSR count). The first kappa shape index (κ1) is 10.0. The molecule has 0 aromatic carbocycles. The Labute approximate surface area is 88.3 Å². The highest BCUT2D eigenvalue weighted by Gasteiger charge is 2.16. The first-order valence-electron chi connectivity index (χ1n) is 5.14. The Hall–Kier alpha value is -1.49. The van der Waals surface area contributed by atoms with Crippen LogP contribution in [-0.4, -0.2) is 35.0 Å². The Morgan fingerprint density at radius 2 is 2.27 bits per heavy atom. The molecule has 80 valence electrons. The lowest BCUT2D eigenvalue weighted by Gasteiger charge is -2.23. The van der Waals surface area contributed by atoms with Gasteiger partial charge in [-0.05, 0) is 32.0 Å². The van der Waals surface area contributed by atoms with Gasteiger partial charge in [0, 0.05) is 12.2 Å². The van der Waals surface area contributed by atoms with E-state index in [4.69, 9.17) is 0 Å². The number of amides is 1. The third kappa shape index (κ3) is 2.73. The Bertz CT molecular complexity index is 321. The molecule has 1 fully saturated rings. The molecule has 0 atom stereocenters. The van der Waals surface area contributed by atoms with Crippen molar-refractivity contribution in [2.45, 2.75) is 18.9 Å². The normalized spacial score (nSPS) is 17.3. The third-order valence-corrected chi connectivity index (χ3v) is 2.49. The summed E-state index contributed by atoms with van der Waals surface area (Å²) in [7, 11) is 0. The second-order valence-electron chi connectivity index (χ2n) is 3.59. The highest BCUT2D eigenvalue weighted by Crippen LogP contribution is 2.03. The SMILES string of the molecule is O=C(NC1CCNCC1)c1ccncn1. The summed E-state index contributed by atoms with van der Waals surface area (Å²) < 4.78 is 0. The zero-order valence-corrected chi connectivity index (χ0v) is 8.44. The van der Waals surface area contributed by atoms with E-state index < -0.39 is 0 Å². The zero-order chi connectivity index (χ0) is 10.5. The summed E-state index contributed by atoms with van der Waals surface area (Å²) >= 11 is 0. The van der Waals surface area contributed by atoms with Crippen LogP contribution in [0.3, 0.4) is 0 Å². The lowest BCUT2D eigenvalue weighted by Crippen LogP contribution is -2.42. The molecule has 15 heavy (non-hydrogen) atoms. The maximum atomic E-state index is 11.7. The van der Waals surface area contributed by atoms with E-state index in [-0.39, 0.29) is 11.9 Å². The van der Waals surface area contributed by atoms with Crippen LogP contribution < -0.4 is 10.6 Å². The number of rotatable bonds is 2. The number of nitrogens with one attached hydrogen (secondary N) is 2. The van der Waals surface area contributed by atoms with Crippen LogP contribution in [0.4, 0.5) is 0 Å². The molecule has 5 heteroatoms. The predicted molar refractivity (Wildman–Crippen MR) is 55.4 cm³/mol. The van der Waals surface area contributed by atoms with Crippen molar-refractivity contribution in [3.8, 4) is 0 Å². The first-order valence-corrected chi connectivity index (χ1v) is 5.14. The highest BCUT2D eigenvalue weighted by molar-refractivity contribution is 5.92. The minimum atomic E-state index is -0.107. The van der Waals surface area contributed by atoms with Crippen molar-refractivity contribution in [3.63, 3.8) is 0 Å². The third-order valence-electron chi connectivity index (χ3n) is 2.49. The molecular weight excluding hydrogens is 192 g/mol. The van der Waals surface area contributed by atoms with E-state index in [9.17, 15) is 4.79 Å². The van der Waals surface area contributed by atoms with Crippen LogP contribution in [-0.2, 0) is 0 Å². The number of aromatic nitrogens is 2. The van der Waals surface area contributed by atoms with E-state index in [0.29, 0.717) is 5.69 Å². The summed E-state index contributed by atoms with van der Waals surface area (Å²) in [6.07, 6.45) is 4.93. The summed E-state index contributed by atoms with van der Waals surface area (Å²) in [5.74, 6) is -0.107. The van der Waals surface area contributed by atoms with Crippen LogP contribution in [0.5, 0.6) is 0 Å². The largest absolute Gasteiger partial charge is 0.348 e. The van der Waals surface area contributed by atoms with Gasteiger partial charge in [0.25, 0.3) is 5.91 Å². The van der Waals surface area contributed by atoms with E-state index in [1.165, 1.54) is 6.33 Å². The van der Waals surface area contributed by atoms with Crippen molar-refractivity contribution >= 4 is 5.91 Å². The summed E-state index contributed by atoms with van der Waals surface area (Å²) in [4.78, 5) is 19.4. The van der Waals surface area contributed by atoms with E-state index in [2.05, 4.69) is 20.6 Å². The fourth-order valence-electron chi connectivity index (χ4n) is 1.65. The van der Waals surface area contributed by atoms with Gasteiger partial charge < -0.3 is 10.6 Å². The number of nitrogens with zero attached hydrogens (tertiary/aromatic N) is 2. The van der Waals surface area contributed by atoms with Crippen LogP contribution in [0.1, 0.15) is 23.3 Å². The monoisotopic (exact) mass is 206 g/mol. The van der Waals surface area contributed by atoms with Gasteiger partial charge in [-0.25, -0.2) is 9.97 Å². The first-order chi connectivity index (χ1) is 7.36. The van der Waals surface area contributed by atoms with Gasteiger partial charge in [0.2, 0.25) is 0 Å². The molecule has 1 aliphatic rings. The van der Waals surface area contributed by atoms with Crippen molar-refractivity contribution in [1.82, 2.24) is 20.6 Å². The van der Waals surface area contributed by atoms with Crippen molar-refractivity contribution in [1.29, 1.82) is 0 Å². The maximum Gasteiger partial charge on any atom is 0.270 e. The van der Waals surface area contributed by atoms with E-state index in [1.807, 2.05) is 0 Å². The second-order valence-corrected chi connectivity index (χ2v) is 3.59. The molecule has 1 aromatic rings. The molecular formula is C10H14N4O. The Morgan fingerprint density at radius 1 is 1.47 bits per heavy atom. The maximum absolute atomic E-state index is 11.7. The fraction of sp³-hybridized carbons (Fsp3) is 0.500. The molecule has 1 amide bonds. The summed E-state index contributed by atoms with van der Waals surface area (Å²) in [6.45, 7) is 1.93. The Morgan fingerprint density at radius 3 is 2.93 bits per heavy atom. The molecule has 2 heterocycles. The molecule has 0 unspecified atom stereocenters. The predicted octanol–water partition coefficient (Wildman–Crippen LogP) is -0.0416. The second kappa shape index (κ2) is 4.84. The van der Waals surface area contributed by atoms with E-state index in [0.717, 1.165) is 25.9 Å². The molecule has 1 saturated heterocycles. The van der Waals surface area contributed by atoms with Gasteiger partial charge in [0.15, 0.2) is 0 Å². The average molecular weight is 206 g/mol. The lowest BCUT2D eigenvalue weighted by atomic mass is 10.1. The zero-order valence-electron chi connectivity index (χ0n) is 8.44. The smallest absolute Gasteiger partial charge is 0.270 e. The van der Waals surface area contributed by atoms with Crippen LogP contribution >= 0.6 is 0 Å². The molecule has 0 spiro atoms. The lowest BCUT2D eigenvalue weighted by molar-refractivity contribution is 0.0924. The van der Waals surface area contributed by atoms with E-state index >= 15 is 0 Å². The Kier molecular flexibility index (Phi) is 3.24. The summed E-state index contributed by atoms with van der Waals surface area (Å²) in [5.41, 5.74) is 0.434. The number of hydrogen-bond acceptors (Lipinski definition) is 4. The van der Waals surface area contributed by atoms with Gasteiger partial charge in [-0.1, -0.05) is 0 Å². The minimum absolute atomic E-state index is 0.107. The van der Waals surface area contributed by atoms with Gasteiger partial charge >= 0.3 is 0 Å². The molecule has 5 nitrogen and oxygen atoms in total. The summed E-state index contributed by atoms with van der Waals surface area (Å²) in [5, 5.41) is 6.22. The Balaban J connectivity index is 1.91. The molecule has 0 aliphatic carbocycles. The molecule has 0 bridgehead atoms. The standard InChI is InChI=1S/C10H14N4O/c15-10(9-3-6-12-7-13-9)14-8-1-4-11-5-2-8/h3,6-8,11H,1-2,4-5H2,(H,14,15). The number of carbonyl (C=O) groups is 1. The van der Waals surface area contributed by atoms with E-state index in [1.54, 1.807) is 12.3 Å². The molecule has 1 aromatic heterocycles. The molecule has 0 radical (unpaired) electrons. The molecule has 1 aliphatic heterocycles. The topological polar surface area (TPSA) is 66.9 Å². The minimum Gasteiger partial charge on any atom is -0.348 e. The van der Waals surface area contributed by atoms with Crippen molar-refractivity contribution in [2.24, 2.45) is 0 Å². The van der Waals surface area contributed by atoms with Gasteiger partial charge in [0.1, 0.15) is 12.0 Å². The summed E-state index contributed by atoms with van der Waals surface area (Å²) in [6, 6.07) is 1.89. The van der Waals surface area contributed by atoms with Crippen LogP contribution in [0, 0.1) is 0 Å². The van der Waals surface area contributed by atoms with Gasteiger partial charge in [-0.15, -0.1) is 0 Å². The van der Waals surface area contributed by atoms with Gasteiger partial charge in [-0.2, -0.15) is 0 Å². The van der Waals surface area contributed by atoms with Crippen molar-refractivity contribution in [3.05, 3.63) is 24.3 Å². The average Bonchev–Trinajstić information content (AvgIpc) is 2.31. The quantitative estimate of drug-likeness (QED) is 0.712. The van der Waals surface area contributed by atoms with Gasteiger partial charge in [0.05, 0.1) is 0 Å². The number of carbonyl (C=O) groups excluding carboxylic acids is 1. The van der Waals surface area contributed by atoms with Crippen molar-refractivity contribution in [2.75, 3.05) is 13.1 Å². The molecule has 0 saturated carbocycles. The fourth-order valence-corrected chi connectivity index (χ4v) is 1.65. The van der Waals surface area contributed by atoms with Gasteiger partial charge in [-0.3, -0.25) is 4.79 Å². The number of piperidine rings is 1. The van der Waals surface area contributed by atoms with Crippen LogP contribution in [0.25, 0.3) is 0 Å². The molecule has 2 N–H and O–H groups in total. The van der Waals surface area contributed by atoms with Crippen LogP contribution in [0.2, 0.25) is 0 Å². The van der Waals surface area contributed by atoms with Crippen LogP contribution in [0.15, 0.2) is 18.6 Å².